The van der Waals surface area contributed by atoms with E-state index in [1.54, 1.807) is 32.2 Å². The SMILES string of the molecule is CCOC(=O)/C=C/c1cc(/C=C/C(=O)OCC)cc(Cc2cccnc2)c1. The Morgan fingerprint density at radius 3 is 2.00 bits per heavy atom. The van der Waals surface area contributed by atoms with Crippen LogP contribution in [-0.2, 0) is 25.5 Å². The minimum absolute atomic E-state index is 0.331. The van der Waals surface area contributed by atoms with Crippen LogP contribution in [0.2, 0.25) is 0 Å². The Kier molecular flexibility index (Phi) is 7.97. The molecule has 1 aromatic carbocycles. The highest BCUT2D eigenvalue weighted by Gasteiger charge is 2.03. The van der Waals surface area contributed by atoms with Crippen LogP contribution in [0.25, 0.3) is 12.2 Å². The molecule has 0 saturated heterocycles. The van der Waals surface area contributed by atoms with Crippen LogP contribution in [0.1, 0.15) is 36.1 Å². The van der Waals surface area contributed by atoms with Gasteiger partial charge in [-0.2, -0.15) is 0 Å². The third-order valence-corrected chi connectivity index (χ3v) is 3.57. The highest BCUT2D eigenvalue weighted by atomic mass is 16.5. The van der Waals surface area contributed by atoms with E-state index < -0.39 is 11.9 Å². The minimum atomic E-state index is -0.390. The second-order valence-electron chi connectivity index (χ2n) is 5.72. The van der Waals surface area contributed by atoms with Crippen LogP contribution in [0.5, 0.6) is 0 Å². The monoisotopic (exact) mass is 365 g/mol. The number of carbonyl (C=O) groups excluding carboxylic acids is 2. The molecule has 0 spiro atoms. The van der Waals surface area contributed by atoms with Gasteiger partial charge in [0.1, 0.15) is 0 Å². The minimum Gasteiger partial charge on any atom is -0.463 e. The molecule has 1 heterocycles. The van der Waals surface area contributed by atoms with Crippen molar-refractivity contribution in [1.82, 2.24) is 4.98 Å². The summed E-state index contributed by atoms with van der Waals surface area (Å²) in [6.07, 6.45) is 10.4. The second kappa shape index (κ2) is 10.7. The van der Waals surface area contributed by atoms with Crippen molar-refractivity contribution in [2.75, 3.05) is 13.2 Å². The number of rotatable bonds is 8. The predicted molar refractivity (Wildman–Crippen MR) is 105 cm³/mol. The lowest BCUT2D eigenvalue weighted by Crippen LogP contribution is -1.99. The Bertz CT molecular complexity index is 779. The Balaban J connectivity index is 2.28. The smallest absolute Gasteiger partial charge is 0.330 e. The van der Waals surface area contributed by atoms with Crippen LogP contribution in [0.3, 0.4) is 0 Å². The third kappa shape index (κ3) is 7.28. The van der Waals surface area contributed by atoms with Crippen molar-refractivity contribution in [3.8, 4) is 0 Å². The number of carbonyl (C=O) groups is 2. The summed E-state index contributed by atoms with van der Waals surface area (Å²) in [6, 6.07) is 9.76. The van der Waals surface area contributed by atoms with Gasteiger partial charge in [0.15, 0.2) is 0 Å². The molecular weight excluding hydrogens is 342 g/mol. The van der Waals surface area contributed by atoms with Crippen LogP contribution < -0.4 is 0 Å². The van der Waals surface area contributed by atoms with Gasteiger partial charge in [-0.05, 0) is 66.8 Å². The largest absolute Gasteiger partial charge is 0.463 e. The van der Waals surface area contributed by atoms with E-state index >= 15 is 0 Å². The van der Waals surface area contributed by atoms with Crippen molar-refractivity contribution >= 4 is 24.1 Å². The molecule has 27 heavy (non-hydrogen) atoms. The van der Waals surface area contributed by atoms with E-state index in [1.807, 2.05) is 36.5 Å². The molecule has 2 aromatic rings. The summed E-state index contributed by atoms with van der Waals surface area (Å²) < 4.78 is 9.83. The van der Waals surface area contributed by atoms with Crippen LogP contribution in [-0.4, -0.2) is 30.1 Å². The number of hydrogen-bond donors (Lipinski definition) is 0. The highest BCUT2D eigenvalue weighted by molar-refractivity contribution is 5.88. The molecule has 5 heteroatoms. The second-order valence-corrected chi connectivity index (χ2v) is 5.72. The Hall–Kier alpha value is -3.21. The number of benzene rings is 1. The first-order valence-corrected chi connectivity index (χ1v) is 8.83. The molecule has 1 aromatic heterocycles. The van der Waals surface area contributed by atoms with E-state index in [0.29, 0.717) is 19.6 Å². The van der Waals surface area contributed by atoms with Gasteiger partial charge >= 0.3 is 11.9 Å². The third-order valence-electron chi connectivity index (χ3n) is 3.57. The highest BCUT2D eigenvalue weighted by Crippen LogP contribution is 2.17. The predicted octanol–water partition coefficient (Wildman–Crippen LogP) is 3.83. The summed E-state index contributed by atoms with van der Waals surface area (Å²) in [5.41, 5.74) is 3.79. The number of esters is 2. The van der Waals surface area contributed by atoms with E-state index in [0.717, 1.165) is 22.3 Å². The Morgan fingerprint density at radius 1 is 0.926 bits per heavy atom. The molecule has 0 radical (unpaired) electrons. The van der Waals surface area contributed by atoms with E-state index in [4.69, 9.17) is 9.47 Å². The van der Waals surface area contributed by atoms with Gasteiger partial charge in [0, 0.05) is 24.5 Å². The average molecular weight is 365 g/mol. The number of nitrogens with zero attached hydrogens (tertiary/aromatic N) is 1. The molecule has 0 aliphatic rings. The topological polar surface area (TPSA) is 65.5 Å². The first-order valence-electron chi connectivity index (χ1n) is 8.83. The fraction of sp³-hybridized carbons (Fsp3) is 0.227. The molecule has 0 aliphatic heterocycles. The lowest BCUT2D eigenvalue weighted by Gasteiger charge is -2.06. The van der Waals surface area contributed by atoms with Gasteiger partial charge in [0.2, 0.25) is 0 Å². The van der Waals surface area contributed by atoms with Crippen LogP contribution >= 0.6 is 0 Å². The molecule has 2 rings (SSSR count). The Morgan fingerprint density at radius 2 is 1.52 bits per heavy atom. The molecule has 0 amide bonds. The molecule has 140 valence electrons. The lowest BCUT2D eigenvalue weighted by atomic mass is 10.00. The normalized spacial score (nSPS) is 11.0. The van der Waals surface area contributed by atoms with E-state index in [2.05, 4.69) is 4.98 Å². The summed E-state index contributed by atoms with van der Waals surface area (Å²) in [7, 11) is 0. The average Bonchev–Trinajstić information content (AvgIpc) is 2.66. The molecule has 0 N–H and O–H groups in total. The van der Waals surface area contributed by atoms with Gasteiger partial charge in [-0.1, -0.05) is 18.2 Å². The molecule has 0 unspecified atom stereocenters. The number of hydrogen-bond acceptors (Lipinski definition) is 5. The maximum Gasteiger partial charge on any atom is 0.330 e. The molecule has 5 nitrogen and oxygen atoms in total. The Labute approximate surface area is 159 Å². The lowest BCUT2D eigenvalue weighted by molar-refractivity contribution is -0.138. The number of ether oxygens (including phenoxy) is 2. The molecule has 0 bridgehead atoms. The molecule has 0 aliphatic carbocycles. The van der Waals surface area contributed by atoms with E-state index in [1.165, 1.54) is 12.2 Å². The zero-order valence-electron chi connectivity index (χ0n) is 15.6. The van der Waals surface area contributed by atoms with Gasteiger partial charge in [0.25, 0.3) is 0 Å². The van der Waals surface area contributed by atoms with Crippen LogP contribution in [0, 0.1) is 0 Å². The van der Waals surface area contributed by atoms with Gasteiger partial charge in [-0.15, -0.1) is 0 Å². The van der Waals surface area contributed by atoms with E-state index in [-0.39, 0.29) is 0 Å². The van der Waals surface area contributed by atoms with Crippen LogP contribution in [0.15, 0.2) is 54.9 Å². The van der Waals surface area contributed by atoms with Crippen molar-refractivity contribution in [2.24, 2.45) is 0 Å². The summed E-state index contributed by atoms with van der Waals surface area (Å²) in [4.78, 5) is 27.3. The van der Waals surface area contributed by atoms with Gasteiger partial charge in [-0.3, -0.25) is 4.98 Å². The van der Waals surface area contributed by atoms with Crippen LogP contribution in [0.4, 0.5) is 0 Å². The molecule has 0 saturated carbocycles. The summed E-state index contributed by atoms with van der Waals surface area (Å²) >= 11 is 0. The van der Waals surface area contributed by atoms with Crippen molar-refractivity contribution < 1.29 is 19.1 Å². The number of aromatic nitrogens is 1. The van der Waals surface area contributed by atoms with E-state index in [9.17, 15) is 9.59 Å². The van der Waals surface area contributed by atoms with Gasteiger partial charge in [0.05, 0.1) is 13.2 Å². The fourth-order valence-corrected chi connectivity index (χ4v) is 2.49. The fourth-order valence-electron chi connectivity index (χ4n) is 2.49. The molecule has 0 fully saturated rings. The maximum absolute atomic E-state index is 11.6. The quantitative estimate of drug-likeness (QED) is 0.525. The summed E-state index contributed by atoms with van der Waals surface area (Å²) in [6.45, 7) is 4.19. The maximum atomic E-state index is 11.6. The first kappa shape index (κ1) is 20.1. The van der Waals surface area contributed by atoms with Crippen molar-refractivity contribution in [3.63, 3.8) is 0 Å². The molecule has 0 atom stereocenters. The van der Waals surface area contributed by atoms with Gasteiger partial charge in [-0.25, -0.2) is 9.59 Å². The first-order chi connectivity index (χ1) is 13.1. The van der Waals surface area contributed by atoms with Crippen molar-refractivity contribution in [3.05, 3.63) is 77.1 Å². The number of pyridine rings is 1. The van der Waals surface area contributed by atoms with Gasteiger partial charge < -0.3 is 9.47 Å². The van der Waals surface area contributed by atoms with Crippen molar-refractivity contribution in [2.45, 2.75) is 20.3 Å². The summed E-state index contributed by atoms with van der Waals surface area (Å²) in [5, 5.41) is 0. The van der Waals surface area contributed by atoms with Crippen molar-refractivity contribution in [1.29, 1.82) is 0 Å². The zero-order chi connectivity index (χ0) is 19.5. The zero-order valence-corrected chi connectivity index (χ0v) is 15.6. The molecular formula is C22H23NO4. The summed E-state index contributed by atoms with van der Waals surface area (Å²) in [5.74, 6) is -0.780. The standard InChI is InChI=1S/C22H23NO4/c1-3-26-21(24)9-7-17-12-18(8-10-22(25)27-4-2)14-20(13-17)15-19-6-5-11-23-16-19/h5-14,16H,3-4,15H2,1-2H3/b9-7+,10-8+.